The number of amides is 1. The highest BCUT2D eigenvalue weighted by Gasteiger charge is 2.13. The number of nitrogens with one attached hydrogen (secondary N) is 1. The van der Waals surface area contributed by atoms with Gasteiger partial charge in [0.05, 0.1) is 4.47 Å². The van der Waals surface area contributed by atoms with Crippen molar-refractivity contribution in [2.24, 2.45) is 0 Å². The molecule has 114 valence electrons. The molecule has 0 saturated carbocycles. The molecule has 0 spiro atoms. The molecule has 1 aliphatic rings. The maximum absolute atomic E-state index is 11.8. The van der Waals surface area contributed by atoms with E-state index in [-0.39, 0.29) is 19.3 Å². The summed E-state index contributed by atoms with van der Waals surface area (Å²) in [7, 11) is 0. The maximum atomic E-state index is 11.8. The number of carbonyl (C=O) groups excluding carboxylic acids is 1. The van der Waals surface area contributed by atoms with Crippen molar-refractivity contribution in [2.75, 3.05) is 13.4 Å². The minimum atomic E-state index is -0.187. The van der Waals surface area contributed by atoms with Crippen LogP contribution in [0.3, 0.4) is 0 Å². The smallest absolute Gasteiger partial charge is 0.258 e. The van der Waals surface area contributed by atoms with Gasteiger partial charge in [0, 0.05) is 6.54 Å². The minimum Gasteiger partial charge on any atom is -0.483 e. The Bertz CT molecular complexity index is 690. The Hall–Kier alpha value is -2.21. The SMILES string of the molecule is O=C(COc1ccccc1Br)NCc1ccc2c(c1)OCO2. The largest absolute Gasteiger partial charge is 0.483 e. The molecule has 5 nitrogen and oxygen atoms in total. The van der Waals surface area contributed by atoms with Crippen molar-refractivity contribution in [3.8, 4) is 17.2 Å². The van der Waals surface area contributed by atoms with E-state index in [9.17, 15) is 4.79 Å². The second-order valence-corrected chi connectivity index (χ2v) is 5.54. The molecule has 0 aromatic heterocycles. The fourth-order valence-corrected chi connectivity index (χ4v) is 2.41. The number of carbonyl (C=O) groups is 1. The fraction of sp³-hybridized carbons (Fsp3) is 0.188. The van der Waals surface area contributed by atoms with Crippen LogP contribution in [0.2, 0.25) is 0 Å². The topological polar surface area (TPSA) is 56.8 Å². The van der Waals surface area contributed by atoms with Crippen LogP contribution in [-0.4, -0.2) is 19.3 Å². The molecule has 0 fully saturated rings. The van der Waals surface area contributed by atoms with Crippen molar-refractivity contribution in [1.29, 1.82) is 0 Å². The van der Waals surface area contributed by atoms with E-state index >= 15 is 0 Å². The van der Waals surface area contributed by atoms with Crippen LogP contribution < -0.4 is 19.5 Å². The first-order valence-electron chi connectivity index (χ1n) is 6.75. The number of benzene rings is 2. The number of hydrogen-bond donors (Lipinski definition) is 1. The molecule has 6 heteroatoms. The quantitative estimate of drug-likeness (QED) is 0.887. The van der Waals surface area contributed by atoms with Gasteiger partial charge >= 0.3 is 0 Å². The number of rotatable bonds is 5. The Morgan fingerprint density at radius 1 is 1.18 bits per heavy atom. The monoisotopic (exact) mass is 363 g/mol. The average Bonchev–Trinajstić information content (AvgIpc) is 2.99. The zero-order valence-electron chi connectivity index (χ0n) is 11.7. The normalized spacial score (nSPS) is 12.0. The Kier molecular flexibility index (Phi) is 4.48. The van der Waals surface area contributed by atoms with Gasteiger partial charge in [-0.25, -0.2) is 0 Å². The molecule has 1 heterocycles. The number of hydrogen-bond acceptors (Lipinski definition) is 4. The first-order valence-corrected chi connectivity index (χ1v) is 7.54. The molecule has 1 aliphatic heterocycles. The average molecular weight is 364 g/mol. The third kappa shape index (κ3) is 3.51. The lowest BCUT2D eigenvalue weighted by molar-refractivity contribution is -0.123. The van der Waals surface area contributed by atoms with Gasteiger partial charge in [0.1, 0.15) is 5.75 Å². The third-order valence-corrected chi connectivity index (χ3v) is 3.78. The zero-order valence-corrected chi connectivity index (χ0v) is 13.3. The highest BCUT2D eigenvalue weighted by Crippen LogP contribution is 2.32. The van der Waals surface area contributed by atoms with Gasteiger partial charge in [-0.05, 0) is 45.8 Å². The molecule has 22 heavy (non-hydrogen) atoms. The van der Waals surface area contributed by atoms with Crippen molar-refractivity contribution in [1.82, 2.24) is 5.32 Å². The van der Waals surface area contributed by atoms with Crippen LogP contribution in [0.1, 0.15) is 5.56 Å². The summed E-state index contributed by atoms with van der Waals surface area (Å²) in [6.45, 7) is 0.618. The van der Waals surface area contributed by atoms with Crippen LogP contribution in [0.15, 0.2) is 46.9 Å². The van der Waals surface area contributed by atoms with E-state index in [1.165, 1.54) is 0 Å². The maximum Gasteiger partial charge on any atom is 0.258 e. The Balaban J connectivity index is 1.49. The van der Waals surface area contributed by atoms with Crippen LogP contribution in [0, 0.1) is 0 Å². The molecular weight excluding hydrogens is 350 g/mol. The summed E-state index contributed by atoms with van der Waals surface area (Å²) >= 11 is 3.37. The molecule has 0 bridgehead atoms. The van der Waals surface area contributed by atoms with Crippen LogP contribution in [0.5, 0.6) is 17.2 Å². The van der Waals surface area contributed by atoms with Crippen LogP contribution in [0.4, 0.5) is 0 Å². The van der Waals surface area contributed by atoms with Crippen LogP contribution >= 0.6 is 15.9 Å². The Morgan fingerprint density at radius 3 is 2.86 bits per heavy atom. The van der Waals surface area contributed by atoms with Crippen molar-refractivity contribution in [2.45, 2.75) is 6.54 Å². The second kappa shape index (κ2) is 6.70. The van der Waals surface area contributed by atoms with E-state index in [2.05, 4.69) is 21.2 Å². The predicted octanol–water partition coefficient (Wildman–Crippen LogP) is 2.87. The number of fused-ring (bicyclic) bond motifs is 1. The molecule has 1 amide bonds. The molecular formula is C16H14BrNO4. The summed E-state index contributed by atoms with van der Waals surface area (Å²) in [5.41, 5.74) is 0.943. The van der Waals surface area contributed by atoms with E-state index in [0.717, 1.165) is 15.8 Å². The van der Waals surface area contributed by atoms with Crippen LogP contribution in [0.25, 0.3) is 0 Å². The molecule has 0 atom stereocenters. The summed E-state index contributed by atoms with van der Waals surface area (Å²) in [5, 5.41) is 2.80. The zero-order chi connectivity index (χ0) is 15.4. The van der Waals surface area contributed by atoms with Gasteiger partial charge in [-0.15, -0.1) is 0 Å². The van der Waals surface area contributed by atoms with Crippen molar-refractivity contribution < 1.29 is 19.0 Å². The summed E-state index contributed by atoms with van der Waals surface area (Å²) in [6, 6.07) is 13.0. The van der Waals surface area contributed by atoms with Gasteiger partial charge in [0.2, 0.25) is 6.79 Å². The van der Waals surface area contributed by atoms with E-state index in [1.807, 2.05) is 36.4 Å². The molecule has 3 rings (SSSR count). The fourth-order valence-electron chi connectivity index (χ4n) is 2.01. The van der Waals surface area contributed by atoms with E-state index in [1.54, 1.807) is 6.07 Å². The van der Waals surface area contributed by atoms with Crippen LogP contribution in [-0.2, 0) is 11.3 Å². The van der Waals surface area contributed by atoms with Gasteiger partial charge in [0.15, 0.2) is 18.1 Å². The Morgan fingerprint density at radius 2 is 2.00 bits per heavy atom. The number of para-hydroxylation sites is 1. The second-order valence-electron chi connectivity index (χ2n) is 4.68. The highest BCUT2D eigenvalue weighted by atomic mass is 79.9. The lowest BCUT2D eigenvalue weighted by atomic mass is 10.2. The molecule has 1 N–H and O–H groups in total. The van der Waals surface area contributed by atoms with Gasteiger partial charge in [-0.2, -0.15) is 0 Å². The molecule has 2 aromatic rings. The Labute approximate surface area is 136 Å². The summed E-state index contributed by atoms with van der Waals surface area (Å²) in [4.78, 5) is 11.8. The molecule has 0 aliphatic carbocycles. The molecule has 0 saturated heterocycles. The van der Waals surface area contributed by atoms with E-state index in [4.69, 9.17) is 14.2 Å². The molecule has 2 aromatic carbocycles. The third-order valence-electron chi connectivity index (χ3n) is 3.12. The van der Waals surface area contributed by atoms with Crippen molar-refractivity contribution in [3.05, 3.63) is 52.5 Å². The van der Waals surface area contributed by atoms with Gasteiger partial charge in [0.25, 0.3) is 5.91 Å². The van der Waals surface area contributed by atoms with Gasteiger partial charge < -0.3 is 19.5 Å². The van der Waals surface area contributed by atoms with Crippen molar-refractivity contribution in [3.63, 3.8) is 0 Å². The lowest BCUT2D eigenvalue weighted by Gasteiger charge is -2.09. The first kappa shape index (κ1) is 14.7. The van der Waals surface area contributed by atoms with Crippen molar-refractivity contribution >= 4 is 21.8 Å². The number of ether oxygens (including phenoxy) is 3. The highest BCUT2D eigenvalue weighted by molar-refractivity contribution is 9.10. The van der Waals surface area contributed by atoms with Gasteiger partial charge in [-0.1, -0.05) is 18.2 Å². The standard InChI is InChI=1S/C16H14BrNO4/c17-12-3-1-2-4-13(12)20-9-16(19)18-8-11-5-6-14-15(7-11)22-10-21-14/h1-7H,8-10H2,(H,18,19). The molecule has 0 unspecified atom stereocenters. The van der Waals surface area contributed by atoms with E-state index < -0.39 is 0 Å². The first-order chi connectivity index (χ1) is 10.7. The number of halogens is 1. The predicted molar refractivity (Wildman–Crippen MR) is 84.0 cm³/mol. The minimum absolute atomic E-state index is 0.0346. The summed E-state index contributed by atoms with van der Waals surface area (Å²) in [5.74, 6) is 1.89. The van der Waals surface area contributed by atoms with E-state index in [0.29, 0.717) is 18.0 Å². The summed E-state index contributed by atoms with van der Waals surface area (Å²) in [6.07, 6.45) is 0. The van der Waals surface area contributed by atoms with Gasteiger partial charge in [-0.3, -0.25) is 4.79 Å². The lowest BCUT2D eigenvalue weighted by Crippen LogP contribution is -2.28. The molecule has 0 radical (unpaired) electrons. The summed E-state index contributed by atoms with van der Waals surface area (Å²) < 4.78 is 16.8.